The monoisotopic (exact) mass is 273 g/mol. The number of hydrogen-bond donors (Lipinski definition) is 0. The van der Waals surface area contributed by atoms with Crippen LogP contribution in [0.4, 0.5) is 0 Å². The maximum Gasteiger partial charge on any atom is 0.496 e. The summed E-state index contributed by atoms with van der Waals surface area (Å²) in [5.41, 5.74) is 2.27. The number of fused-ring (bicyclic) bond motifs is 1. The summed E-state index contributed by atoms with van der Waals surface area (Å²) in [6.45, 7) is 12.2. The summed E-state index contributed by atoms with van der Waals surface area (Å²) in [4.78, 5) is 0. The van der Waals surface area contributed by atoms with E-state index >= 15 is 0 Å². The number of rotatable bonds is 1. The molecule has 2 aromatic rings. The van der Waals surface area contributed by atoms with Gasteiger partial charge in [-0.2, -0.15) is 0 Å². The zero-order valence-corrected chi connectivity index (χ0v) is 12.9. The molecule has 6 heteroatoms. The summed E-state index contributed by atoms with van der Waals surface area (Å²) in [6.07, 6.45) is 0. The second-order valence-electron chi connectivity index (χ2n) is 6.40. The smallest absolute Gasteiger partial charge is 0.399 e. The molecule has 0 radical (unpaired) electrons. The average Bonchev–Trinajstić information content (AvgIpc) is 2.79. The molecule has 5 nitrogen and oxygen atoms in total. The van der Waals surface area contributed by atoms with Crippen LogP contribution in [-0.4, -0.2) is 32.9 Å². The van der Waals surface area contributed by atoms with Gasteiger partial charge >= 0.3 is 7.12 Å². The molecule has 0 bridgehead atoms. The first-order chi connectivity index (χ1) is 9.23. The molecule has 0 saturated carbocycles. The number of hydrogen-bond acceptors (Lipinski definition) is 4. The Bertz CT molecular complexity index is 662. The molecule has 1 fully saturated rings. The van der Waals surface area contributed by atoms with Crippen molar-refractivity contribution < 1.29 is 9.31 Å². The molecule has 0 N–H and O–H groups in total. The summed E-state index contributed by atoms with van der Waals surface area (Å²) in [7, 11) is -0.355. The van der Waals surface area contributed by atoms with Gasteiger partial charge in [0.1, 0.15) is 5.82 Å². The lowest BCUT2D eigenvalue weighted by molar-refractivity contribution is 0.00578. The van der Waals surface area contributed by atoms with Crippen LogP contribution in [0.5, 0.6) is 0 Å². The highest BCUT2D eigenvalue weighted by molar-refractivity contribution is 6.62. The first-order valence-electron chi connectivity index (χ1n) is 6.90. The predicted molar refractivity (Wildman–Crippen MR) is 78.2 cm³/mol. The molecule has 0 amide bonds. The Kier molecular flexibility index (Phi) is 2.75. The number of aryl methyl sites for hydroxylation is 2. The minimum absolute atomic E-state index is 0.332. The van der Waals surface area contributed by atoms with Gasteiger partial charge in [0, 0.05) is 11.2 Å². The van der Waals surface area contributed by atoms with Gasteiger partial charge in [0.25, 0.3) is 0 Å². The molecule has 0 atom stereocenters. The van der Waals surface area contributed by atoms with Crippen molar-refractivity contribution in [1.82, 2.24) is 14.6 Å². The van der Waals surface area contributed by atoms with Crippen LogP contribution in [0.25, 0.3) is 5.65 Å². The number of nitrogens with zero attached hydrogens (tertiary/aromatic N) is 3. The van der Waals surface area contributed by atoms with Crippen molar-refractivity contribution in [3.8, 4) is 0 Å². The summed E-state index contributed by atoms with van der Waals surface area (Å²) < 4.78 is 14.3. The van der Waals surface area contributed by atoms with E-state index in [1.54, 1.807) is 0 Å². The van der Waals surface area contributed by atoms with Crippen molar-refractivity contribution in [2.45, 2.75) is 52.7 Å². The Morgan fingerprint density at radius 2 is 1.60 bits per heavy atom. The van der Waals surface area contributed by atoms with E-state index in [0.29, 0.717) is 0 Å². The van der Waals surface area contributed by atoms with Gasteiger partial charge in [0.15, 0.2) is 5.65 Å². The molecule has 20 heavy (non-hydrogen) atoms. The largest absolute Gasteiger partial charge is 0.496 e. The normalized spacial score (nSPS) is 20.8. The Labute approximate surface area is 119 Å². The second-order valence-corrected chi connectivity index (χ2v) is 6.40. The number of aromatic nitrogens is 3. The second kappa shape index (κ2) is 4.05. The minimum Gasteiger partial charge on any atom is -0.399 e. The minimum atomic E-state index is -0.355. The van der Waals surface area contributed by atoms with Crippen LogP contribution in [0, 0.1) is 13.8 Å². The van der Waals surface area contributed by atoms with Crippen LogP contribution >= 0.6 is 0 Å². The van der Waals surface area contributed by atoms with E-state index in [2.05, 4.69) is 37.9 Å². The molecule has 0 unspecified atom stereocenters. The molecular formula is C14H20BN3O2. The Hall–Kier alpha value is -1.40. The van der Waals surface area contributed by atoms with Gasteiger partial charge < -0.3 is 9.31 Å². The SMILES string of the molecule is Cc1nnc2ccc(B3OC(C)(C)C(C)(C)O3)c(C)n12. The van der Waals surface area contributed by atoms with Gasteiger partial charge in [-0.3, -0.25) is 4.40 Å². The van der Waals surface area contributed by atoms with Crippen molar-refractivity contribution in [3.63, 3.8) is 0 Å². The van der Waals surface area contributed by atoms with Crippen molar-refractivity contribution in [1.29, 1.82) is 0 Å². The summed E-state index contributed by atoms with van der Waals surface area (Å²) in [6, 6.07) is 3.97. The lowest BCUT2D eigenvalue weighted by Crippen LogP contribution is -2.41. The van der Waals surface area contributed by atoms with Crippen molar-refractivity contribution in [2.24, 2.45) is 0 Å². The van der Waals surface area contributed by atoms with Crippen molar-refractivity contribution >= 4 is 18.2 Å². The van der Waals surface area contributed by atoms with Gasteiger partial charge in [0.05, 0.1) is 11.2 Å². The first-order valence-corrected chi connectivity index (χ1v) is 6.90. The highest BCUT2D eigenvalue weighted by Gasteiger charge is 2.52. The van der Waals surface area contributed by atoms with Gasteiger partial charge in [-0.1, -0.05) is 6.07 Å². The summed E-state index contributed by atoms with van der Waals surface area (Å²) in [5, 5.41) is 8.25. The third kappa shape index (κ3) is 1.78. The topological polar surface area (TPSA) is 48.7 Å². The van der Waals surface area contributed by atoms with Crippen molar-refractivity contribution in [2.75, 3.05) is 0 Å². The fourth-order valence-corrected chi connectivity index (χ4v) is 2.53. The van der Waals surface area contributed by atoms with Crippen LogP contribution in [0.1, 0.15) is 39.2 Å². The van der Waals surface area contributed by atoms with Gasteiger partial charge in [0.2, 0.25) is 0 Å². The molecule has 3 rings (SSSR count). The molecular weight excluding hydrogens is 253 g/mol. The summed E-state index contributed by atoms with van der Waals surface area (Å²) in [5.74, 6) is 0.871. The van der Waals surface area contributed by atoms with E-state index < -0.39 is 0 Å². The van der Waals surface area contributed by atoms with E-state index in [1.165, 1.54) is 0 Å². The van der Waals surface area contributed by atoms with E-state index in [9.17, 15) is 0 Å². The van der Waals surface area contributed by atoms with Crippen LogP contribution in [0.3, 0.4) is 0 Å². The van der Waals surface area contributed by atoms with Crippen LogP contribution in [-0.2, 0) is 9.31 Å². The third-order valence-electron chi connectivity index (χ3n) is 4.52. The molecule has 1 aliphatic heterocycles. The predicted octanol–water partition coefficient (Wildman–Crippen LogP) is 1.65. The maximum absolute atomic E-state index is 6.12. The molecule has 1 aliphatic rings. The van der Waals surface area contributed by atoms with Crippen LogP contribution in [0.2, 0.25) is 0 Å². The fourth-order valence-electron chi connectivity index (χ4n) is 2.53. The Morgan fingerprint density at radius 3 is 2.20 bits per heavy atom. The number of pyridine rings is 1. The van der Waals surface area contributed by atoms with Gasteiger partial charge in [-0.05, 0) is 47.6 Å². The zero-order valence-electron chi connectivity index (χ0n) is 12.9. The Morgan fingerprint density at radius 1 is 1.00 bits per heavy atom. The van der Waals surface area contributed by atoms with Crippen molar-refractivity contribution in [3.05, 3.63) is 23.7 Å². The molecule has 2 aromatic heterocycles. The average molecular weight is 273 g/mol. The first kappa shape index (κ1) is 13.6. The maximum atomic E-state index is 6.12. The molecule has 0 aromatic carbocycles. The van der Waals surface area contributed by atoms with Crippen LogP contribution < -0.4 is 5.46 Å². The quantitative estimate of drug-likeness (QED) is 0.741. The van der Waals surface area contributed by atoms with E-state index in [4.69, 9.17) is 9.31 Å². The molecule has 0 aliphatic carbocycles. The third-order valence-corrected chi connectivity index (χ3v) is 4.52. The Balaban J connectivity index is 2.08. The molecule has 0 spiro atoms. The zero-order chi connectivity index (χ0) is 14.7. The summed E-state index contributed by atoms with van der Waals surface area (Å²) >= 11 is 0. The molecule has 3 heterocycles. The van der Waals surface area contributed by atoms with E-state index in [-0.39, 0.29) is 18.3 Å². The lowest BCUT2D eigenvalue weighted by Gasteiger charge is -2.32. The standard InChI is InChI=1S/C14H20BN3O2/c1-9-11(7-8-12-17-16-10(2)18(9)12)15-19-13(3,4)14(5,6)20-15/h7-8H,1-6H3. The lowest BCUT2D eigenvalue weighted by atomic mass is 9.78. The van der Waals surface area contributed by atoms with Gasteiger partial charge in [-0.15, -0.1) is 10.2 Å². The highest BCUT2D eigenvalue weighted by atomic mass is 16.7. The van der Waals surface area contributed by atoms with E-state index in [1.807, 2.05) is 30.4 Å². The van der Waals surface area contributed by atoms with Crippen LogP contribution in [0.15, 0.2) is 12.1 Å². The molecule has 1 saturated heterocycles. The van der Waals surface area contributed by atoms with Gasteiger partial charge in [-0.25, -0.2) is 0 Å². The molecule has 106 valence electrons. The highest BCUT2D eigenvalue weighted by Crippen LogP contribution is 2.36. The van der Waals surface area contributed by atoms with E-state index in [0.717, 1.165) is 22.6 Å². The fraction of sp³-hybridized carbons (Fsp3) is 0.571.